The van der Waals surface area contributed by atoms with Crippen LogP contribution in [0, 0.1) is 0 Å². The number of hydrogen-bond acceptors (Lipinski definition) is 3. The highest BCUT2D eigenvalue weighted by Gasteiger charge is 2.23. The molecule has 0 aliphatic rings. The average molecular weight is 716 g/mol. The minimum absolute atomic E-state index is 0. The topological polar surface area (TPSA) is 55.4 Å². The van der Waals surface area contributed by atoms with Crippen LogP contribution in [0.4, 0.5) is 0 Å². The number of carbonyl (C=O) groups excluding carboxylic acids is 2. The first-order valence-corrected chi connectivity index (χ1v) is 21.8. The number of nitrogens with zero attached hydrogens (tertiary/aromatic N) is 1. The molecule has 0 rings (SSSR count). The molecule has 0 saturated heterocycles. The number of nitrogens with one attached hydrogen (secondary N) is 1. The van der Waals surface area contributed by atoms with E-state index in [1.54, 1.807) is 0 Å². The van der Waals surface area contributed by atoms with Crippen LogP contribution in [0.2, 0.25) is 0 Å². The third-order valence-electron chi connectivity index (χ3n) is 10.8. The molecule has 0 aromatic heterocycles. The average Bonchev–Trinajstić information content (AvgIpc) is 3.09. The summed E-state index contributed by atoms with van der Waals surface area (Å²) >= 11 is 0. The smallest absolute Gasteiger partial charge is 0.305 e. The van der Waals surface area contributed by atoms with E-state index in [1.165, 1.54) is 161 Å². The molecule has 49 heavy (non-hydrogen) atoms. The largest absolute Gasteiger partial charge is 1.00 e. The number of halogens is 1. The number of hydrogen-bond donors (Lipinski definition) is 1. The molecular formula is C43H87ClN2O3. The SMILES string of the molecule is CCCCCCCCCCCCCCCCCCCCCC(=O)OCC[N+](CC)(CC)CCCNC(=O)CCCCCCCCCCC.[Cl-]. The van der Waals surface area contributed by atoms with Crippen LogP contribution in [0.1, 0.15) is 227 Å². The van der Waals surface area contributed by atoms with Crippen molar-refractivity contribution in [3.63, 3.8) is 0 Å². The van der Waals surface area contributed by atoms with E-state index < -0.39 is 0 Å². The van der Waals surface area contributed by atoms with E-state index in [2.05, 4.69) is 33.0 Å². The molecule has 0 fully saturated rings. The van der Waals surface area contributed by atoms with E-state index >= 15 is 0 Å². The number of likely N-dealkylation sites (N-methyl/N-ethyl adjacent to an activating group) is 1. The summed E-state index contributed by atoms with van der Waals surface area (Å²) in [5.74, 6) is 0.170. The summed E-state index contributed by atoms with van der Waals surface area (Å²) < 4.78 is 6.60. The van der Waals surface area contributed by atoms with Crippen LogP contribution in [0.15, 0.2) is 0 Å². The van der Waals surface area contributed by atoms with Gasteiger partial charge in [-0.2, -0.15) is 0 Å². The first-order chi connectivity index (χ1) is 23.5. The third kappa shape index (κ3) is 35.4. The molecule has 0 aromatic rings. The predicted molar refractivity (Wildman–Crippen MR) is 210 cm³/mol. The number of quaternary nitrogens is 1. The van der Waals surface area contributed by atoms with Gasteiger partial charge >= 0.3 is 5.97 Å². The number of ether oxygens (including phenoxy) is 1. The number of carbonyl (C=O) groups is 2. The second-order valence-corrected chi connectivity index (χ2v) is 15.0. The van der Waals surface area contributed by atoms with Crippen LogP contribution in [0.25, 0.3) is 0 Å². The van der Waals surface area contributed by atoms with E-state index in [9.17, 15) is 9.59 Å². The normalized spacial score (nSPS) is 11.4. The molecule has 0 aromatic carbocycles. The molecular weight excluding hydrogens is 628 g/mol. The Morgan fingerprint density at radius 2 is 0.796 bits per heavy atom. The number of rotatable bonds is 39. The quantitative estimate of drug-likeness (QED) is 0.0392. The molecule has 0 heterocycles. The Bertz CT molecular complexity index is 686. The van der Waals surface area contributed by atoms with Crippen molar-refractivity contribution in [1.82, 2.24) is 5.32 Å². The minimum Gasteiger partial charge on any atom is -1.00 e. The van der Waals surface area contributed by atoms with Crippen LogP contribution in [0.5, 0.6) is 0 Å². The lowest BCUT2D eigenvalue weighted by atomic mass is 10.0. The molecule has 0 bridgehead atoms. The Labute approximate surface area is 313 Å². The standard InChI is InChI=1S/C43H86N2O3.ClH/c1-5-9-11-13-15-17-18-19-20-21-22-23-24-25-26-28-30-32-34-37-43(47)48-41-40-45(7-3,8-4)39-35-38-44-42(46)36-33-31-29-27-16-14-12-10-6-2;/h5-41H2,1-4H3;1H. The van der Waals surface area contributed by atoms with Crippen molar-refractivity contribution in [3.05, 3.63) is 0 Å². The molecule has 0 aliphatic carbocycles. The Morgan fingerprint density at radius 3 is 1.16 bits per heavy atom. The second kappa shape index (κ2) is 40.0. The summed E-state index contributed by atoms with van der Waals surface area (Å²) in [4.78, 5) is 24.6. The van der Waals surface area contributed by atoms with Crippen LogP contribution in [-0.4, -0.2) is 55.7 Å². The molecule has 0 aliphatic heterocycles. The number of amides is 1. The lowest BCUT2D eigenvalue weighted by molar-refractivity contribution is -0.925. The summed E-state index contributed by atoms with van der Waals surface area (Å²) in [5.41, 5.74) is 0. The highest BCUT2D eigenvalue weighted by atomic mass is 35.5. The van der Waals surface area contributed by atoms with E-state index in [4.69, 9.17) is 4.74 Å². The number of unbranched alkanes of at least 4 members (excludes halogenated alkanes) is 26. The molecule has 0 radical (unpaired) electrons. The molecule has 5 nitrogen and oxygen atoms in total. The van der Waals surface area contributed by atoms with Crippen molar-refractivity contribution >= 4 is 11.9 Å². The van der Waals surface area contributed by atoms with E-state index in [-0.39, 0.29) is 24.3 Å². The summed E-state index contributed by atoms with van der Waals surface area (Å²) in [6.07, 6.45) is 39.6. The maximum Gasteiger partial charge on any atom is 0.305 e. The van der Waals surface area contributed by atoms with Gasteiger partial charge in [0.15, 0.2) is 0 Å². The molecule has 1 N–H and O–H groups in total. The van der Waals surface area contributed by atoms with Gasteiger partial charge in [-0.3, -0.25) is 9.59 Å². The fraction of sp³-hybridized carbons (Fsp3) is 0.953. The maximum atomic E-state index is 12.3. The van der Waals surface area contributed by atoms with Crippen molar-refractivity contribution in [1.29, 1.82) is 0 Å². The van der Waals surface area contributed by atoms with Crippen molar-refractivity contribution in [2.45, 2.75) is 227 Å². The van der Waals surface area contributed by atoms with Crippen molar-refractivity contribution in [2.75, 3.05) is 39.3 Å². The second-order valence-electron chi connectivity index (χ2n) is 15.0. The van der Waals surface area contributed by atoms with Gasteiger partial charge in [0.05, 0.1) is 19.6 Å². The fourth-order valence-corrected chi connectivity index (χ4v) is 7.07. The third-order valence-corrected chi connectivity index (χ3v) is 10.8. The van der Waals surface area contributed by atoms with E-state index in [0.29, 0.717) is 19.4 Å². The van der Waals surface area contributed by atoms with E-state index in [1.807, 2.05) is 0 Å². The number of esters is 1. The van der Waals surface area contributed by atoms with Gasteiger partial charge in [-0.05, 0) is 26.7 Å². The van der Waals surface area contributed by atoms with Gasteiger partial charge < -0.3 is 26.9 Å². The van der Waals surface area contributed by atoms with Crippen molar-refractivity contribution < 1.29 is 31.2 Å². The van der Waals surface area contributed by atoms with Crippen molar-refractivity contribution in [2.24, 2.45) is 0 Å². The predicted octanol–water partition coefficient (Wildman–Crippen LogP) is 9.64. The zero-order valence-corrected chi connectivity index (χ0v) is 34.5. The van der Waals surface area contributed by atoms with Gasteiger partial charge in [0.1, 0.15) is 13.2 Å². The van der Waals surface area contributed by atoms with Gasteiger partial charge in [-0.1, -0.05) is 181 Å². The van der Waals surface area contributed by atoms with Gasteiger partial charge in [-0.25, -0.2) is 0 Å². The fourth-order valence-electron chi connectivity index (χ4n) is 7.07. The molecule has 294 valence electrons. The highest BCUT2D eigenvalue weighted by molar-refractivity contribution is 5.75. The molecule has 0 unspecified atom stereocenters. The first-order valence-electron chi connectivity index (χ1n) is 21.8. The molecule has 6 heteroatoms. The van der Waals surface area contributed by atoms with Gasteiger partial charge in [0, 0.05) is 25.8 Å². The molecule has 1 amide bonds. The van der Waals surface area contributed by atoms with Gasteiger partial charge in [0.2, 0.25) is 5.91 Å². The first kappa shape index (κ1) is 50.3. The van der Waals surface area contributed by atoms with Gasteiger partial charge in [-0.15, -0.1) is 0 Å². The lowest BCUT2D eigenvalue weighted by Gasteiger charge is -2.36. The summed E-state index contributed by atoms with van der Waals surface area (Å²) in [7, 11) is 0. The van der Waals surface area contributed by atoms with Crippen molar-refractivity contribution in [3.8, 4) is 0 Å². The molecule has 0 saturated carbocycles. The Kier molecular flexibility index (Phi) is 41.0. The lowest BCUT2D eigenvalue weighted by Crippen LogP contribution is -3.00. The summed E-state index contributed by atoms with van der Waals surface area (Å²) in [5, 5.41) is 3.14. The Hall–Kier alpha value is -0.810. The zero-order valence-electron chi connectivity index (χ0n) is 33.7. The zero-order chi connectivity index (χ0) is 35.2. The van der Waals surface area contributed by atoms with E-state index in [0.717, 1.165) is 62.9 Å². The summed E-state index contributed by atoms with van der Waals surface area (Å²) in [6.45, 7) is 14.2. The van der Waals surface area contributed by atoms with Crippen LogP contribution in [-0.2, 0) is 14.3 Å². The van der Waals surface area contributed by atoms with Crippen LogP contribution < -0.4 is 17.7 Å². The Balaban J connectivity index is 0. The molecule has 0 atom stereocenters. The highest BCUT2D eigenvalue weighted by Crippen LogP contribution is 2.16. The van der Waals surface area contributed by atoms with Gasteiger partial charge in [0.25, 0.3) is 0 Å². The summed E-state index contributed by atoms with van der Waals surface area (Å²) in [6, 6.07) is 0. The van der Waals surface area contributed by atoms with Crippen LogP contribution in [0.3, 0.4) is 0 Å². The maximum absolute atomic E-state index is 12.3. The monoisotopic (exact) mass is 715 g/mol. The Morgan fingerprint density at radius 1 is 0.449 bits per heavy atom. The molecule has 0 spiro atoms. The van der Waals surface area contributed by atoms with Crippen LogP contribution >= 0.6 is 0 Å². The minimum atomic E-state index is -0.0314.